The van der Waals surface area contributed by atoms with Gasteiger partial charge in [0.2, 0.25) is 11.8 Å². The summed E-state index contributed by atoms with van der Waals surface area (Å²) in [4.78, 5) is 35.1. The zero-order valence-electron chi connectivity index (χ0n) is 13.8. The summed E-state index contributed by atoms with van der Waals surface area (Å²) in [5.41, 5.74) is 2.30. The van der Waals surface area contributed by atoms with Crippen LogP contribution in [0.15, 0.2) is 60.1 Å². The Morgan fingerprint density at radius 2 is 1.92 bits per heavy atom. The van der Waals surface area contributed by atoms with Crippen molar-refractivity contribution in [3.8, 4) is 11.4 Å². The lowest BCUT2D eigenvalue weighted by molar-refractivity contribution is -0.122. The molecule has 1 saturated heterocycles. The Hall–Kier alpha value is -3.06. The molecule has 0 radical (unpaired) electrons. The maximum atomic E-state index is 12.5. The molecule has 6 nitrogen and oxygen atoms in total. The molecule has 1 atom stereocenters. The van der Waals surface area contributed by atoms with E-state index in [0.29, 0.717) is 11.7 Å². The molecule has 0 spiro atoms. The van der Waals surface area contributed by atoms with Crippen molar-refractivity contribution < 1.29 is 9.59 Å². The molecule has 0 bridgehead atoms. The summed E-state index contributed by atoms with van der Waals surface area (Å²) >= 11 is 1.35. The number of thiazole rings is 1. The maximum Gasteiger partial charge on any atom is 0.231 e. The molecular weight excluding hydrogens is 348 g/mol. The number of benzene rings is 1. The van der Waals surface area contributed by atoms with Gasteiger partial charge in [0.25, 0.3) is 0 Å². The molecule has 130 valence electrons. The number of hydrogen-bond donors (Lipinski definition) is 1. The van der Waals surface area contributed by atoms with Gasteiger partial charge in [0.05, 0.1) is 11.6 Å². The third kappa shape index (κ3) is 3.34. The molecule has 3 aromatic rings. The summed E-state index contributed by atoms with van der Waals surface area (Å²) in [6, 6.07) is 15.0. The normalized spacial score (nSPS) is 16.7. The van der Waals surface area contributed by atoms with Gasteiger partial charge in [0, 0.05) is 30.2 Å². The Balaban J connectivity index is 1.43. The van der Waals surface area contributed by atoms with Crippen molar-refractivity contribution in [2.75, 3.05) is 16.8 Å². The predicted octanol–water partition coefficient (Wildman–Crippen LogP) is 3.20. The number of para-hydroxylation sites is 1. The number of pyridine rings is 1. The summed E-state index contributed by atoms with van der Waals surface area (Å²) in [6.45, 7) is 0.382. The number of amides is 2. The monoisotopic (exact) mass is 364 g/mol. The van der Waals surface area contributed by atoms with E-state index in [0.717, 1.165) is 17.1 Å². The van der Waals surface area contributed by atoms with Gasteiger partial charge in [-0.05, 0) is 24.3 Å². The van der Waals surface area contributed by atoms with E-state index in [1.165, 1.54) is 11.3 Å². The largest absolute Gasteiger partial charge is 0.312 e. The van der Waals surface area contributed by atoms with Gasteiger partial charge in [-0.1, -0.05) is 24.3 Å². The minimum atomic E-state index is -0.384. The number of aromatic nitrogens is 2. The van der Waals surface area contributed by atoms with E-state index >= 15 is 0 Å². The minimum absolute atomic E-state index is 0.0373. The van der Waals surface area contributed by atoms with Crippen molar-refractivity contribution in [1.29, 1.82) is 0 Å². The van der Waals surface area contributed by atoms with Gasteiger partial charge in [0.15, 0.2) is 5.13 Å². The van der Waals surface area contributed by atoms with Gasteiger partial charge < -0.3 is 10.2 Å². The lowest BCUT2D eigenvalue weighted by atomic mass is 10.1. The van der Waals surface area contributed by atoms with E-state index < -0.39 is 0 Å². The molecule has 1 aliphatic rings. The molecule has 0 aliphatic carbocycles. The van der Waals surface area contributed by atoms with E-state index in [-0.39, 0.29) is 24.2 Å². The van der Waals surface area contributed by atoms with Crippen molar-refractivity contribution in [2.24, 2.45) is 5.92 Å². The van der Waals surface area contributed by atoms with Crippen LogP contribution < -0.4 is 10.2 Å². The lowest BCUT2D eigenvalue weighted by Crippen LogP contribution is -2.28. The highest BCUT2D eigenvalue weighted by Gasteiger charge is 2.35. The SMILES string of the molecule is O=C(Nc1nc(-c2ccccn2)cs1)[C@H]1CC(=O)N(c2ccccc2)C1. The van der Waals surface area contributed by atoms with Crippen molar-refractivity contribution in [3.05, 3.63) is 60.1 Å². The predicted molar refractivity (Wildman–Crippen MR) is 101 cm³/mol. The van der Waals surface area contributed by atoms with E-state index in [2.05, 4.69) is 15.3 Å². The molecule has 26 heavy (non-hydrogen) atoms. The van der Waals surface area contributed by atoms with Crippen LogP contribution in [0.5, 0.6) is 0 Å². The first-order valence-electron chi connectivity index (χ1n) is 8.24. The van der Waals surface area contributed by atoms with Crippen LogP contribution in [0.2, 0.25) is 0 Å². The molecule has 1 aliphatic heterocycles. The number of rotatable bonds is 4. The average Bonchev–Trinajstić information content (AvgIpc) is 3.30. The first kappa shape index (κ1) is 16.4. The van der Waals surface area contributed by atoms with Crippen LogP contribution in [-0.4, -0.2) is 28.3 Å². The Morgan fingerprint density at radius 1 is 1.12 bits per heavy atom. The fourth-order valence-electron chi connectivity index (χ4n) is 2.91. The molecule has 0 saturated carbocycles. The van der Waals surface area contributed by atoms with E-state index in [1.807, 2.05) is 53.9 Å². The number of carbonyl (C=O) groups excluding carboxylic acids is 2. The fraction of sp³-hybridized carbons (Fsp3) is 0.158. The number of nitrogens with one attached hydrogen (secondary N) is 1. The topological polar surface area (TPSA) is 75.2 Å². The first-order valence-corrected chi connectivity index (χ1v) is 9.12. The molecule has 7 heteroatoms. The van der Waals surface area contributed by atoms with Crippen LogP contribution >= 0.6 is 11.3 Å². The zero-order chi connectivity index (χ0) is 17.9. The van der Waals surface area contributed by atoms with Crippen molar-refractivity contribution in [3.63, 3.8) is 0 Å². The Bertz CT molecular complexity index is 927. The van der Waals surface area contributed by atoms with Gasteiger partial charge in [-0.15, -0.1) is 11.3 Å². The van der Waals surface area contributed by atoms with E-state index in [4.69, 9.17) is 0 Å². The van der Waals surface area contributed by atoms with Gasteiger partial charge in [-0.2, -0.15) is 0 Å². The second kappa shape index (κ2) is 7.05. The quantitative estimate of drug-likeness (QED) is 0.771. The molecule has 2 amide bonds. The van der Waals surface area contributed by atoms with E-state index in [1.54, 1.807) is 11.1 Å². The number of anilines is 2. The van der Waals surface area contributed by atoms with Crippen LogP contribution in [0.4, 0.5) is 10.8 Å². The summed E-state index contributed by atoms with van der Waals surface area (Å²) in [6.07, 6.45) is 1.91. The van der Waals surface area contributed by atoms with Crippen molar-refractivity contribution >= 4 is 34.0 Å². The van der Waals surface area contributed by atoms with Crippen LogP contribution in [0.1, 0.15) is 6.42 Å². The van der Waals surface area contributed by atoms with Crippen molar-refractivity contribution in [1.82, 2.24) is 9.97 Å². The third-order valence-electron chi connectivity index (χ3n) is 4.23. The van der Waals surface area contributed by atoms with Crippen molar-refractivity contribution in [2.45, 2.75) is 6.42 Å². The first-order chi connectivity index (χ1) is 12.7. The fourth-order valence-corrected chi connectivity index (χ4v) is 3.62. The zero-order valence-corrected chi connectivity index (χ0v) is 14.6. The van der Waals surface area contributed by atoms with Crippen LogP contribution in [0, 0.1) is 5.92 Å². The summed E-state index contributed by atoms with van der Waals surface area (Å²) in [7, 11) is 0. The highest BCUT2D eigenvalue weighted by Crippen LogP contribution is 2.27. The molecule has 3 heterocycles. The minimum Gasteiger partial charge on any atom is -0.312 e. The van der Waals surface area contributed by atoms with Gasteiger partial charge >= 0.3 is 0 Å². The Kier molecular flexibility index (Phi) is 4.45. The Morgan fingerprint density at radius 3 is 2.69 bits per heavy atom. The number of carbonyl (C=O) groups is 2. The molecule has 0 unspecified atom stereocenters. The van der Waals surface area contributed by atoms with Crippen LogP contribution in [-0.2, 0) is 9.59 Å². The van der Waals surface area contributed by atoms with E-state index in [9.17, 15) is 9.59 Å². The molecule has 2 aromatic heterocycles. The standard InChI is InChI=1S/C19H16N4O2S/c24-17-10-13(11-23(17)14-6-2-1-3-7-14)18(25)22-19-21-16(12-26-19)15-8-4-5-9-20-15/h1-9,12-13H,10-11H2,(H,21,22,25)/t13-/m0/s1. The molecule has 1 aromatic carbocycles. The van der Waals surface area contributed by atoms with Crippen LogP contribution in [0.25, 0.3) is 11.4 Å². The van der Waals surface area contributed by atoms with Gasteiger partial charge in [-0.3, -0.25) is 14.6 Å². The smallest absolute Gasteiger partial charge is 0.231 e. The molecule has 1 fully saturated rings. The third-order valence-corrected chi connectivity index (χ3v) is 4.98. The molecule has 1 N–H and O–H groups in total. The van der Waals surface area contributed by atoms with Gasteiger partial charge in [0.1, 0.15) is 5.69 Å². The lowest BCUT2D eigenvalue weighted by Gasteiger charge is -2.16. The number of hydrogen-bond acceptors (Lipinski definition) is 5. The Labute approximate surface area is 154 Å². The van der Waals surface area contributed by atoms with Gasteiger partial charge in [-0.25, -0.2) is 4.98 Å². The highest BCUT2D eigenvalue weighted by atomic mass is 32.1. The number of nitrogens with zero attached hydrogens (tertiary/aromatic N) is 3. The molecular formula is C19H16N4O2S. The average molecular weight is 364 g/mol. The summed E-state index contributed by atoms with van der Waals surface area (Å²) in [5, 5.41) is 5.20. The summed E-state index contributed by atoms with van der Waals surface area (Å²) in [5.74, 6) is -0.603. The second-order valence-corrected chi connectivity index (χ2v) is 6.84. The van der Waals surface area contributed by atoms with Crippen LogP contribution in [0.3, 0.4) is 0 Å². The summed E-state index contributed by atoms with van der Waals surface area (Å²) < 4.78 is 0. The highest BCUT2D eigenvalue weighted by molar-refractivity contribution is 7.14. The molecule has 4 rings (SSSR count). The second-order valence-electron chi connectivity index (χ2n) is 5.98. The maximum absolute atomic E-state index is 12.5.